The summed E-state index contributed by atoms with van der Waals surface area (Å²) in [5, 5.41) is 2.79. The van der Waals surface area contributed by atoms with Gasteiger partial charge in [-0.3, -0.25) is 4.79 Å². The van der Waals surface area contributed by atoms with Gasteiger partial charge in [-0.15, -0.1) is 0 Å². The molecule has 0 spiro atoms. The topological polar surface area (TPSA) is 84.5 Å². The third-order valence-corrected chi connectivity index (χ3v) is 5.33. The van der Waals surface area contributed by atoms with Gasteiger partial charge in [0.2, 0.25) is 15.9 Å². The summed E-state index contributed by atoms with van der Waals surface area (Å²) in [6.45, 7) is 4.17. The van der Waals surface area contributed by atoms with Crippen molar-refractivity contribution in [3.05, 3.63) is 54.1 Å². The zero-order valence-electron chi connectivity index (χ0n) is 15.2. The van der Waals surface area contributed by atoms with Gasteiger partial charge in [0, 0.05) is 18.7 Å². The Labute approximate surface area is 154 Å². The Morgan fingerprint density at radius 2 is 1.81 bits per heavy atom. The van der Waals surface area contributed by atoms with Crippen molar-refractivity contribution in [3.8, 4) is 5.75 Å². The van der Waals surface area contributed by atoms with Crippen LogP contribution in [0.3, 0.4) is 0 Å². The van der Waals surface area contributed by atoms with Crippen molar-refractivity contribution in [2.45, 2.75) is 31.1 Å². The minimum Gasteiger partial charge on any atom is -0.497 e. The molecule has 2 aromatic rings. The van der Waals surface area contributed by atoms with Crippen molar-refractivity contribution in [3.63, 3.8) is 0 Å². The molecule has 2 rings (SSSR count). The highest BCUT2D eigenvalue weighted by Gasteiger charge is 2.14. The largest absolute Gasteiger partial charge is 0.497 e. The van der Waals surface area contributed by atoms with Gasteiger partial charge in [-0.1, -0.05) is 26.0 Å². The van der Waals surface area contributed by atoms with Crippen molar-refractivity contribution in [2.24, 2.45) is 0 Å². The quantitative estimate of drug-likeness (QED) is 0.741. The van der Waals surface area contributed by atoms with Crippen molar-refractivity contribution in [2.75, 3.05) is 19.0 Å². The smallest absolute Gasteiger partial charge is 0.240 e. The summed E-state index contributed by atoms with van der Waals surface area (Å²) in [5.41, 5.74) is 1.84. The minimum atomic E-state index is -3.66. The first kappa shape index (κ1) is 19.9. The molecule has 0 fully saturated rings. The second-order valence-electron chi connectivity index (χ2n) is 6.15. The molecule has 0 aliphatic carbocycles. The number of anilines is 1. The lowest BCUT2D eigenvalue weighted by Gasteiger charge is -2.10. The zero-order chi connectivity index (χ0) is 19.2. The Balaban J connectivity index is 1.88. The molecule has 0 heterocycles. The molecule has 0 saturated carbocycles. The molecule has 0 unspecified atom stereocenters. The predicted molar refractivity (Wildman–Crippen MR) is 102 cm³/mol. The van der Waals surface area contributed by atoms with E-state index in [1.807, 2.05) is 24.3 Å². The number of hydrogen-bond donors (Lipinski definition) is 2. The highest BCUT2D eigenvalue weighted by molar-refractivity contribution is 7.89. The van der Waals surface area contributed by atoms with E-state index in [-0.39, 0.29) is 23.8 Å². The molecular formula is C19H24N2O4S. The molecule has 0 saturated heterocycles. The Morgan fingerprint density at radius 1 is 1.12 bits per heavy atom. The lowest BCUT2D eigenvalue weighted by Crippen LogP contribution is -2.27. The maximum absolute atomic E-state index is 12.2. The summed E-state index contributed by atoms with van der Waals surface area (Å²) >= 11 is 0. The van der Waals surface area contributed by atoms with Gasteiger partial charge in [0.1, 0.15) is 5.75 Å². The van der Waals surface area contributed by atoms with E-state index in [2.05, 4.69) is 23.9 Å². The monoisotopic (exact) mass is 376 g/mol. The van der Waals surface area contributed by atoms with Crippen molar-refractivity contribution in [1.82, 2.24) is 4.72 Å². The third-order valence-electron chi connectivity index (χ3n) is 3.85. The van der Waals surface area contributed by atoms with E-state index in [1.54, 1.807) is 12.1 Å². The molecular weight excluding hydrogens is 352 g/mol. The molecule has 7 heteroatoms. The maximum atomic E-state index is 12.2. The maximum Gasteiger partial charge on any atom is 0.240 e. The summed E-state index contributed by atoms with van der Waals surface area (Å²) in [4.78, 5) is 12.2. The van der Waals surface area contributed by atoms with E-state index >= 15 is 0 Å². The Morgan fingerprint density at radius 3 is 2.42 bits per heavy atom. The summed E-state index contributed by atoms with van der Waals surface area (Å²) in [5.74, 6) is 0.693. The van der Waals surface area contributed by atoms with E-state index < -0.39 is 10.0 Å². The molecule has 2 aromatic carbocycles. The Kier molecular flexibility index (Phi) is 6.76. The van der Waals surface area contributed by atoms with E-state index in [4.69, 9.17) is 4.74 Å². The predicted octanol–water partition coefficient (Wildman–Crippen LogP) is 3.13. The van der Waals surface area contributed by atoms with Crippen LogP contribution < -0.4 is 14.8 Å². The van der Waals surface area contributed by atoms with Gasteiger partial charge in [-0.2, -0.15) is 0 Å². The second-order valence-corrected chi connectivity index (χ2v) is 7.92. The van der Waals surface area contributed by atoms with Crippen LogP contribution in [0.4, 0.5) is 5.69 Å². The van der Waals surface area contributed by atoms with Crippen molar-refractivity contribution in [1.29, 1.82) is 0 Å². The average Bonchev–Trinajstić information content (AvgIpc) is 2.61. The van der Waals surface area contributed by atoms with Crippen LogP contribution in [0, 0.1) is 0 Å². The molecule has 0 aliphatic rings. The zero-order valence-corrected chi connectivity index (χ0v) is 16.0. The van der Waals surface area contributed by atoms with Crippen LogP contribution >= 0.6 is 0 Å². The SMILES string of the molecule is COc1ccc(S(=O)(=O)NCCC(=O)Nc2cccc(C(C)C)c2)cc1. The van der Waals surface area contributed by atoms with Gasteiger partial charge in [0.15, 0.2) is 0 Å². The van der Waals surface area contributed by atoms with Crippen LogP contribution in [0.15, 0.2) is 53.4 Å². The van der Waals surface area contributed by atoms with Crippen LogP contribution in [-0.2, 0) is 14.8 Å². The average molecular weight is 376 g/mol. The number of hydrogen-bond acceptors (Lipinski definition) is 4. The van der Waals surface area contributed by atoms with Crippen LogP contribution in [0.1, 0.15) is 31.7 Å². The fourth-order valence-corrected chi connectivity index (χ4v) is 3.37. The summed E-state index contributed by atoms with van der Waals surface area (Å²) < 4.78 is 31.9. The number of benzene rings is 2. The third kappa shape index (κ3) is 5.57. The van der Waals surface area contributed by atoms with E-state index in [0.29, 0.717) is 17.4 Å². The highest BCUT2D eigenvalue weighted by Crippen LogP contribution is 2.18. The summed E-state index contributed by atoms with van der Waals surface area (Å²) in [6, 6.07) is 13.7. The van der Waals surface area contributed by atoms with Crippen LogP contribution in [0.25, 0.3) is 0 Å². The summed E-state index contributed by atoms with van der Waals surface area (Å²) in [6.07, 6.45) is 0.0429. The normalized spacial score (nSPS) is 11.4. The molecule has 0 aliphatic heterocycles. The van der Waals surface area contributed by atoms with Crippen molar-refractivity contribution >= 4 is 21.6 Å². The molecule has 2 N–H and O–H groups in total. The fraction of sp³-hybridized carbons (Fsp3) is 0.316. The van der Waals surface area contributed by atoms with Gasteiger partial charge in [0.05, 0.1) is 12.0 Å². The van der Waals surface area contributed by atoms with E-state index in [1.165, 1.54) is 19.2 Å². The number of rotatable bonds is 8. The van der Waals surface area contributed by atoms with Gasteiger partial charge < -0.3 is 10.1 Å². The van der Waals surface area contributed by atoms with E-state index in [9.17, 15) is 13.2 Å². The van der Waals surface area contributed by atoms with Gasteiger partial charge in [-0.25, -0.2) is 13.1 Å². The Hall–Kier alpha value is -2.38. The highest BCUT2D eigenvalue weighted by atomic mass is 32.2. The molecule has 6 nitrogen and oxygen atoms in total. The first-order valence-corrected chi connectivity index (χ1v) is 9.83. The van der Waals surface area contributed by atoms with Gasteiger partial charge in [0.25, 0.3) is 0 Å². The molecule has 1 amide bonds. The molecule has 0 atom stereocenters. The number of nitrogens with one attached hydrogen (secondary N) is 2. The van der Waals surface area contributed by atoms with Gasteiger partial charge >= 0.3 is 0 Å². The molecule has 26 heavy (non-hydrogen) atoms. The molecule has 0 aromatic heterocycles. The Bertz CT molecular complexity index is 846. The first-order chi connectivity index (χ1) is 12.3. The molecule has 0 radical (unpaired) electrons. The molecule has 0 bridgehead atoms. The van der Waals surface area contributed by atoms with Crippen LogP contribution in [0.2, 0.25) is 0 Å². The standard InChI is InChI=1S/C19H24N2O4S/c1-14(2)15-5-4-6-16(13-15)21-19(22)11-12-20-26(23,24)18-9-7-17(25-3)8-10-18/h4-10,13-14,20H,11-12H2,1-3H3,(H,21,22). The van der Waals surface area contributed by atoms with E-state index in [0.717, 1.165) is 5.56 Å². The fourth-order valence-electron chi connectivity index (χ4n) is 2.34. The van der Waals surface area contributed by atoms with Crippen LogP contribution in [-0.4, -0.2) is 28.0 Å². The number of sulfonamides is 1. The lowest BCUT2D eigenvalue weighted by atomic mass is 10.0. The number of amides is 1. The molecule has 140 valence electrons. The lowest BCUT2D eigenvalue weighted by molar-refractivity contribution is -0.116. The van der Waals surface area contributed by atoms with Crippen LogP contribution in [0.5, 0.6) is 5.75 Å². The first-order valence-electron chi connectivity index (χ1n) is 8.35. The minimum absolute atomic E-state index is 0.0179. The van der Waals surface area contributed by atoms with Gasteiger partial charge in [-0.05, 0) is 47.9 Å². The summed E-state index contributed by atoms with van der Waals surface area (Å²) in [7, 11) is -2.15. The number of methoxy groups -OCH3 is 1. The number of ether oxygens (including phenoxy) is 1. The van der Waals surface area contributed by atoms with Crippen molar-refractivity contribution < 1.29 is 17.9 Å². The second kappa shape index (κ2) is 8.82. The number of carbonyl (C=O) groups is 1. The number of carbonyl (C=O) groups excluding carboxylic acids is 1.